The Labute approximate surface area is 118 Å². The molecule has 3 nitrogen and oxygen atoms in total. The number of hydrogen-bond acceptors (Lipinski definition) is 3. The predicted octanol–water partition coefficient (Wildman–Crippen LogP) is 3.37. The van der Waals surface area contributed by atoms with Crippen LogP contribution in [0.3, 0.4) is 0 Å². The molecule has 1 aromatic carbocycles. The van der Waals surface area contributed by atoms with Crippen molar-refractivity contribution in [2.24, 2.45) is 0 Å². The van der Waals surface area contributed by atoms with Gasteiger partial charge in [0.1, 0.15) is 11.9 Å². The predicted molar refractivity (Wildman–Crippen MR) is 78.0 cm³/mol. The van der Waals surface area contributed by atoms with E-state index in [9.17, 15) is 4.79 Å². The van der Waals surface area contributed by atoms with Crippen molar-refractivity contribution in [3.63, 3.8) is 0 Å². The van der Waals surface area contributed by atoms with E-state index in [2.05, 4.69) is 0 Å². The molecule has 1 aliphatic heterocycles. The first-order valence-corrected chi connectivity index (χ1v) is 7.94. The molecule has 1 N–H and O–H groups in total. The van der Waals surface area contributed by atoms with Crippen LogP contribution in [0.2, 0.25) is 0 Å². The molecule has 1 aromatic rings. The molecule has 0 aromatic heterocycles. The topological polar surface area (TPSA) is 46.5 Å². The van der Waals surface area contributed by atoms with Crippen LogP contribution in [0, 0.1) is 0 Å². The summed E-state index contributed by atoms with van der Waals surface area (Å²) in [7, 11) is 0. The van der Waals surface area contributed by atoms with Gasteiger partial charge in [-0.15, -0.1) is 0 Å². The van der Waals surface area contributed by atoms with Gasteiger partial charge in [-0.25, -0.2) is 0 Å². The van der Waals surface area contributed by atoms with E-state index in [4.69, 9.17) is 9.84 Å². The third-order valence-electron chi connectivity index (χ3n) is 3.23. The number of hydrogen-bond donors (Lipinski definition) is 1. The average Bonchev–Trinajstić information content (AvgIpc) is 2.40. The van der Waals surface area contributed by atoms with Crippen LogP contribution in [0.5, 0.6) is 5.75 Å². The lowest BCUT2D eigenvalue weighted by Gasteiger charge is -2.23. The van der Waals surface area contributed by atoms with E-state index in [-0.39, 0.29) is 6.42 Å². The second kappa shape index (κ2) is 7.43. The summed E-state index contributed by atoms with van der Waals surface area (Å²) in [5.41, 5.74) is 1.16. The van der Waals surface area contributed by atoms with Gasteiger partial charge < -0.3 is 9.84 Å². The number of carboxylic acid groups (broad SMARTS) is 1. The van der Waals surface area contributed by atoms with Crippen LogP contribution in [-0.4, -0.2) is 28.7 Å². The average molecular weight is 280 g/mol. The molecule has 1 saturated heterocycles. The maximum Gasteiger partial charge on any atom is 0.303 e. The zero-order valence-electron chi connectivity index (χ0n) is 11.0. The van der Waals surface area contributed by atoms with Gasteiger partial charge in [0.05, 0.1) is 0 Å². The summed E-state index contributed by atoms with van der Waals surface area (Å²) in [6, 6.07) is 8.06. The van der Waals surface area contributed by atoms with E-state index in [1.807, 2.05) is 36.0 Å². The van der Waals surface area contributed by atoms with Crippen molar-refractivity contribution in [2.75, 3.05) is 11.5 Å². The largest absolute Gasteiger partial charge is 0.490 e. The maximum atomic E-state index is 10.5. The molecule has 2 rings (SSSR count). The van der Waals surface area contributed by atoms with Crippen molar-refractivity contribution in [1.82, 2.24) is 0 Å². The lowest BCUT2D eigenvalue weighted by atomic mass is 10.1. The first-order chi connectivity index (χ1) is 9.24. The number of carboxylic acids is 1. The molecule has 0 atom stereocenters. The van der Waals surface area contributed by atoms with Crippen LogP contribution >= 0.6 is 11.8 Å². The molecule has 0 spiro atoms. The summed E-state index contributed by atoms with van der Waals surface area (Å²) in [6.45, 7) is 0. The van der Waals surface area contributed by atoms with Crippen molar-refractivity contribution >= 4 is 17.7 Å². The summed E-state index contributed by atoms with van der Waals surface area (Å²) in [6.07, 6.45) is 4.28. The second-order valence-electron chi connectivity index (χ2n) is 4.82. The van der Waals surface area contributed by atoms with E-state index >= 15 is 0 Å². The van der Waals surface area contributed by atoms with Gasteiger partial charge >= 0.3 is 5.97 Å². The van der Waals surface area contributed by atoms with Crippen molar-refractivity contribution in [3.05, 3.63) is 29.8 Å². The van der Waals surface area contributed by atoms with E-state index in [1.165, 1.54) is 11.5 Å². The Balaban J connectivity index is 1.85. The quantitative estimate of drug-likeness (QED) is 0.868. The van der Waals surface area contributed by atoms with Gasteiger partial charge in [0.25, 0.3) is 0 Å². The zero-order chi connectivity index (χ0) is 13.5. The lowest BCUT2D eigenvalue weighted by molar-refractivity contribution is -0.137. The van der Waals surface area contributed by atoms with Crippen molar-refractivity contribution in [1.29, 1.82) is 0 Å². The Morgan fingerprint density at radius 1 is 1.37 bits per heavy atom. The number of ether oxygens (including phenoxy) is 1. The van der Waals surface area contributed by atoms with Crippen LogP contribution in [0.25, 0.3) is 0 Å². The Morgan fingerprint density at radius 3 is 2.89 bits per heavy atom. The minimum atomic E-state index is -0.730. The summed E-state index contributed by atoms with van der Waals surface area (Å²) in [5, 5.41) is 8.64. The van der Waals surface area contributed by atoms with Crippen LogP contribution < -0.4 is 4.74 Å². The fourth-order valence-electron chi connectivity index (χ4n) is 2.20. The molecule has 0 aliphatic carbocycles. The van der Waals surface area contributed by atoms with Gasteiger partial charge in [-0.2, -0.15) is 11.8 Å². The highest BCUT2D eigenvalue weighted by Crippen LogP contribution is 2.23. The SMILES string of the molecule is O=C(O)CCCc1cccc(OC2CCSCC2)c1. The Morgan fingerprint density at radius 2 is 2.16 bits per heavy atom. The molecular weight excluding hydrogens is 260 g/mol. The minimum absolute atomic E-state index is 0.227. The number of rotatable bonds is 6. The monoisotopic (exact) mass is 280 g/mol. The molecular formula is C15H20O3S. The van der Waals surface area contributed by atoms with Crippen LogP contribution in [0.15, 0.2) is 24.3 Å². The summed E-state index contributed by atoms with van der Waals surface area (Å²) < 4.78 is 5.99. The number of benzene rings is 1. The summed E-state index contributed by atoms with van der Waals surface area (Å²) in [5.74, 6) is 2.56. The molecule has 1 fully saturated rings. The standard InChI is InChI=1S/C15H20O3S/c16-15(17)6-2-4-12-3-1-5-14(11-12)18-13-7-9-19-10-8-13/h1,3,5,11,13H,2,4,6-10H2,(H,16,17). The molecule has 19 heavy (non-hydrogen) atoms. The number of aliphatic carboxylic acids is 1. The van der Waals surface area contributed by atoms with Crippen molar-refractivity contribution in [2.45, 2.75) is 38.2 Å². The van der Waals surface area contributed by atoms with Gasteiger partial charge in [-0.1, -0.05) is 12.1 Å². The fourth-order valence-corrected chi connectivity index (χ4v) is 3.27. The first-order valence-electron chi connectivity index (χ1n) is 6.79. The Bertz CT molecular complexity index is 414. The highest BCUT2D eigenvalue weighted by atomic mass is 32.2. The molecule has 0 unspecified atom stereocenters. The number of thioether (sulfide) groups is 1. The van der Waals surface area contributed by atoms with Gasteiger partial charge in [0.15, 0.2) is 0 Å². The molecule has 4 heteroatoms. The van der Waals surface area contributed by atoms with Gasteiger partial charge in [0, 0.05) is 6.42 Å². The van der Waals surface area contributed by atoms with Crippen molar-refractivity contribution < 1.29 is 14.6 Å². The Kier molecular flexibility index (Phi) is 5.58. The normalized spacial score (nSPS) is 16.2. The third kappa shape index (κ3) is 5.15. The van der Waals surface area contributed by atoms with Crippen LogP contribution in [-0.2, 0) is 11.2 Å². The van der Waals surface area contributed by atoms with Gasteiger partial charge in [0.2, 0.25) is 0 Å². The molecule has 0 amide bonds. The highest BCUT2D eigenvalue weighted by molar-refractivity contribution is 7.99. The van der Waals surface area contributed by atoms with E-state index < -0.39 is 5.97 Å². The van der Waals surface area contributed by atoms with E-state index in [1.54, 1.807) is 0 Å². The smallest absolute Gasteiger partial charge is 0.303 e. The van der Waals surface area contributed by atoms with Gasteiger partial charge in [-0.05, 0) is 54.9 Å². The molecule has 0 radical (unpaired) electrons. The van der Waals surface area contributed by atoms with E-state index in [0.29, 0.717) is 12.5 Å². The molecule has 1 aliphatic rings. The zero-order valence-corrected chi connectivity index (χ0v) is 11.8. The fraction of sp³-hybridized carbons (Fsp3) is 0.533. The van der Waals surface area contributed by atoms with Crippen LogP contribution in [0.1, 0.15) is 31.2 Å². The molecule has 0 saturated carbocycles. The van der Waals surface area contributed by atoms with E-state index in [0.717, 1.165) is 30.6 Å². The molecule has 1 heterocycles. The highest BCUT2D eigenvalue weighted by Gasteiger charge is 2.15. The minimum Gasteiger partial charge on any atom is -0.490 e. The van der Waals surface area contributed by atoms with Crippen LogP contribution in [0.4, 0.5) is 0 Å². The third-order valence-corrected chi connectivity index (χ3v) is 4.27. The van der Waals surface area contributed by atoms with Crippen molar-refractivity contribution in [3.8, 4) is 5.75 Å². The van der Waals surface area contributed by atoms with Gasteiger partial charge in [-0.3, -0.25) is 4.79 Å². The summed E-state index contributed by atoms with van der Waals surface area (Å²) in [4.78, 5) is 10.5. The number of carbonyl (C=O) groups is 1. The first kappa shape index (κ1) is 14.3. The second-order valence-corrected chi connectivity index (χ2v) is 6.05. The number of aryl methyl sites for hydroxylation is 1. The Hall–Kier alpha value is -1.16. The molecule has 0 bridgehead atoms. The maximum absolute atomic E-state index is 10.5. The lowest BCUT2D eigenvalue weighted by Crippen LogP contribution is -2.22. The molecule has 104 valence electrons. The summed E-state index contributed by atoms with van der Waals surface area (Å²) >= 11 is 1.99.